The Morgan fingerprint density at radius 3 is 2.50 bits per heavy atom. The van der Waals surface area contributed by atoms with Crippen molar-refractivity contribution in [1.29, 1.82) is 0 Å². The Morgan fingerprint density at radius 1 is 1.00 bits per heavy atom. The fourth-order valence-corrected chi connectivity index (χ4v) is 2.43. The van der Waals surface area contributed by atoms with Crippen LogP contribution >= 0.6 is 0 Å². The average Bonchev–Trinajstić information content (AvgIpc) is 2.47. The lowest BCUT2D eigenvalue weighted by Crippen LogP contribution is -2.36. The maximum absolute atomic E-state index is 5.67. The van der Waals surface area contributed by atoms with Crippen LogP contribution in [0.2, 0.25) is 0 Å². The number of nitrogens with two attached hydrogens (primary N) is 1. The number of benzene rings is 2. The highest BCUT2D eigenvalue weighted by atomic mass is 16.5. The third kappa shape index (κ3) is 2.19. The fraction of sp³-hybridized carbons (Fsp3) is 0.333. The third-order valence-corrected chi connectivity index (χ3v) is 3.50. The molecule has 3 rings (SSSR count). The first kappa shape index (κ1) is 11.5. The predicted octanol–water partition coefficient (Wildman–Crippen LogP) is 2.14. The molecular formula is C15H18N2O. The van der Waals surface area contributed by atoms with E-state index in [0.29, 0.717) is 6.54 Å². The second kappa shape index (κ2) is 4.96. The molecule has 0 radical (unpaired) electrons. The number of hydrogen-bond donors (Lipinski definition) is 1. The maximum Gasteiger partial charge on any atom is 0.0642 e. The summed E-state index contributed by atoms with van der Waals surface area (Å²) >= 11 is 0. The highest BCUT2D eigenvalue weighted by Crippen LogP contribution is 2.23. The summed E-state index contributed by atoms with van der Waals surface area (Å²) in [5, 5.41) is 2.53. The minimum Gasteiger partial charge on any atom is -0.378 e. The van der Waals surface area contributed by atoms with E-state index in [1.165, 1.54) is 22.0 Å². The minimum absolute atomic E-state index is 0.598. The van der Waals surface area contributed by atoms with Crippen molar-refractivity contribution in [2.75, 3.05) is 31.2 Å². The Bertz CT molecular complexity index is 547. The number of nitrogens with zero attached hydrogens (tertiary/aromatic N) is 1. The van der Waals surface area contributed by atoms with Crippen LogP contribution in [0.1, 0.15) is 5.56 Å². The lowest BCUT2D eigenvalue weighted by Gasteiger charge is -2.29. The van der Waals surface area contributed by atoms with Crippen LogP contribution in [0.5, 0.6) is 0 Å². The van der Waals surface area contributed by atoms with Crippen LogP contribution in [-0.4, -0.2) is 26.3 Å². The normalized spacial score (nSPS) is 16.2. The van der Waals surface area contributed by atoms with Gasteiger partial charge in [-0.15, -0.1) is 0 Å². The first-order valence-electron chi connectivity index (χ1n) is 6.42. The van der Waals surface area contributed by atoms with Crippen molar-refractivity contribution in [2.45, 2.75) is 6.54 Å². The largest absolute Gasteiger partial charge is 0.378 e. The first-order chi connectivity index (χ1) is 8.86. The predicted molar refractivity (Wildman–Crippen MR) is 74.9 cm³/mol. The monoisotopic (exact) mass is 242 g/mol. The van der Waals surface area contributed by atoms with Gasteiger partial charge in [-0.2, -0.15) is 0 Å². The number of fused-ring (bicyclic) bond motifs is 1. The zero-order valence-corrected chi connectivity index (χ0v) is 10.4. The van der Waals surface area contributed by atoms with E-state index in [2.05, 4.69) is 41.3 Å². The zero-order valence-electron chi connectivity index (χ0n) is 10.4. The Balaban J connectivity index is 1.95. The van der Waals surface area contributed by atoms with Gasteiger partial charge in [-0.05, 0) is 34.5 Å². The maximum atomic E-state index is 5.67. The van der Waals surface area contributed by atoms with Crippen molar-refractivity contribution < 1.29 is 4.74 Å². The van der Waals surface area contributed by atoms with Crippen LogP contribution in [0.4, 0.5) is 5.69 Å². The molecule has 0 saturated carbocycles. The molecule has 2 aromatic rings. The van der Waals surface area contributed by atoms with E-state index in [1.807, 2.05) is 0 Å². The Morgan fingerprint density at radius 2 is 1.72 bits per heavy atom. The SMILES string of the molecule is NCc1ccc2cc(N3CCOCC3)ccc2c1. The van der Waals surface area contributed by atoms with E-state index in [1.54, 1.807) is 0 Å². The van der Waals surface area contributed by atoms with Crippen LogP contribution in [0.25, 0.3) is 10.8 Å². The molecule has 2 N–H and O–H groups in total. The molecule has 0 aliphatic carbocycles. The molecule has 3 nitrogen and oxygen atoms in total. The molecule has 0 unspecified atom stereocenters. The molecule has 1 aliphatic rings. The van der Waals surface area contributed by atoms with E-state index in [0.717, 1.165) is 26.3 Å². The molecule has 1 aliphatic heterocycles. The number of morpholine rings is 1. The average molecular weight is 242 g/mol. The summed E-state index contributed by atoms with van der Waals surface area (Å²) in [7, 11) is 0. The van der Waals surface area contributed by atoms with Gasteiger partial charge in [0.15, 0.2) is 0 Å². The Hall–Kier alpha value is -1.58. The second-order valence-corrected chi connectivity index (χ2v) is 4.67. The van der Waals surface area contributed by atoms with Crippen molar-refractivity contribution in [3.05, 3.63) is 42.0 Å². The molecule has 1 heterocycles. The molecule has 94 valence electrons. The van der Waals surface area contributed by atoms with Gasteiger partial charge < -0.3 is 15.4 Å². The summed E-state index contributed by atoms with van der Waals surface area (Å²) < 4.78 is 5.38. The first-order valence-corrected chi connectivity index (χ1v) is 6.42. The third-order valence-electron chi connectivity index (χ3n) is 3.50. The summed E-state index contributed by atoms with van der Waals surface area (Å²) in [5.74, 6) is 0. The summed E-state index contributed by atoms with van der Waals surface area (Å²) in [6.45, 7) is 4.20. The van der Waals surface area contributed by atoms with Crippen molar-refractivity contribution in [3.8, 4) is 0 Å². The Kier molecular flexibility index (Phi) is 3.17. The Labute approximate surface area is 107 Å². The van der Waals surface area contributed by atoms with Crippen LogP contribution < -0.4 is 10.6 Å². The molecule has 2 aromatic carbocycles. The minimum atomic E-state index is 0.598. The molecule has 1 fully saturated rings. The van der Waals surface area contributed by atoms with E-state index in [4.69, 9.17) is 10.5 Å². The highest BCUT2D eigenvalue weighted by molar-refractivity contribution is 5.86. The van der Waals surface area contributed by atoms with Gasteiger partial charge in [0.1, 0.15) is 0 Å². The molecule has 0 amide bonds. The van der Waals surface area contributed by atoms with Crippen molar-refractivity contribution in [1.82, 2.24) is 0 Å². The molecular weight excluding hydrogens is 224 g/mol. The molecule has 0 atom stereocenters. The molecule has 1 saturated heterocycles. The van der Waals surface area contributed by atoms with Gasteiger partial charge >= 0.3 is 0 Å². The molecule has 18 heavy (non-hydrogen) atoms. The van der Waals surface area contributed by atoms with Gasteiger partial charge in [0.25, 0.3) is 0 Å². The van der Waals surface area contributed by atoms with E-state index in [-0.39, 0.29) is 0 Å². The van der Waals surface area contributed by atoms with E-state index in [9.17, 15) is 0 Å². The fourth-order valence-electron chi connectivity index (χ4n) is 2.43. The molecule has 3 heteroatoms. The lowest BCUT2D eigenvalue weighted by molar-refractivity contribution is 0.122. The number of rotatable bonds is 2. The molecule has 0 spiro atoms. The summed E-state index contributed by atoms with van der Waals surface area (Å²) in [5.41, 5.74) is 8.13. The van der Waals surface area contributed by atoms with Gasteiger partial charge in [-0.1, -0.05) is 18.2 Å². The van der Waals surface area contributed by atoms with Crippen LogP contribution in [0, 0.1) is 0 Å². The van der Waals surface area contributed by atoms with Crippen molar-refractivity contribution >= 4 is 16.5 Å². The van der Waals surface area contributed by atoms with Crippen LogP contribution in [0.15, 0.2) is 36.4 Å². The zero-order chi connectivity index (χ0) is 12.4. The van der Waals surface area contributed by atoms with Crippen molar-refractivity contribution in [2.24, 2.45) is 5.73 Å². The number of ether oxygens (including phenoxy) is 1. The lowest BCUT2D eigenvalue weighted by atomic mass is 10.1. The van der Waals surface area contributed by atoms with Gasteiger partial charge in [0, 0.05) is 25.3 Å². The summed E-state index contributed by atoms with van der Waals surface area (Å²) in [6.07, 6.45) is 0. The van der Waals surface area contributed by atoms with Crippen molar-refractivity contribution in [3.63, 3.8) is 0 Å². The second-order valence-electron chi connectivity index (χ2n) is 4.67. The molecule has 0 aromatic heterocycles. The van der Waals surface area contributed by atoms with Gasteiger partial charge in [-0.3, -0.25) is 0 Å². The van der Waals surface area contributed by atoms with Crippen LogP contribution in [0.3, 0.4) is 0 Å². The van der Waals surface area contributed by atoms with Gasteiger partial charge in [-0.25, -0.2) is 0 Å². The quantitative estimate of drug-likeness (QED) is 0.876. The highest BCUT2D eigenvalue weighted by Gasteiger charge is 2.11. The van der Waals surface area contributed by atoms with E-state index >= 15 is 0 Å². The van der Waals surface area contributed by atoms with Gasteiger partial charge in [0.05, 0.1) is 13.2 Å². The smallest absolute Gasteiger partial charge is 0.0642 e. The van der Waals surface area contributed by atoms with E-state index < -0.39 is 0 Å². The standard InChI is InChI=1S/C15H18N2O/c16-11-12-1-2-14-10-15(4-3-13(14)9-12)17-5-7-18-8-6-17/h1-4,9-10H,5-8,11,16H2. The van der Waals surface area contributed by atoms with Gasteiger partial charge in [0.2, 0.25) is 0 Å². The number of anilines is 1. The summed E-state index contributed by atoms with van der Waals surface area (Å²) in [6, 6.07) is 13.0. The topological polar surface area (TPSA) is 38.5 Å². The molecule has 0 bridgehead atoms. The number of hydrogen-bond acceptors (Lipinski definition) is 3. The summed E-state index contributed by atoms with van der Waals surface area (Å²) in [4.78, 5) is 2.37. The van der Waals surface area contributed by atoms with Crippen LogP contribution in [-0.2, 0) is 11.3 Å².